The third kappa shape index (κ3) is 4.34. The molecule has 0 bridgehead atoms. The van der Waals surface area contributed by atoms with Crippen LogP contribution in [0.3, 0.4) is 0 Å². The Balaban J connectivity index is 2.74. The average Bonchev–Trinajstić information content (AvgIpc) is 2.23. The second kappa shape index (κ2) is 5.47. The Hall–Kier alpha value is -0.850. The summed E-state index contributed by atoms with van der Waals surface area (Å²) in [6, 6.07) is 0. The van der Waals surface area contributed by atoms with Crippen LogP contribution in [-0.2, 0) is 4.79 Å². The summed E-state index contributed by atoms with van der Waals surface area (Å²) in [5, 5.41) is 0. The summed E-state index contributed by atoms with van der Waals surface area (Å²) in [6.07, 6.45) is 9.11. The van der Waals surface area contributed by atoms with E-state index in [4.69, 9.17) is 0 Å². The van der Waals surface area contributed by atoms with E-state index in [0.29, 0.717) is 12.2 Å². The molecule has 1 atom stereocenters. The first kappa shape index (κ1) is 13.2. The summed E-state index contributed by atoms with van der Waals surface area (Å²) in [4.78, 5) is 11.9. The number of carbonyl (C=O) groups excluding carboxylic acids is 1. The normalized spacial score (nSPS) is 29.6. The van der Waals surface area contributed by atoms with Crippen molar-refractivity contribution < 1.29 is 4.79 Å². The van der Waals surface area contributed by atoms with Crippen molar-refractivity contribution in [2.45, 2.75) is 52.9 Å². The Morgan fingerprint density at radius 3 is 2.75 bits per heavy atom. The first-order valence-corrected chi connectivity index (χ1v) is 6.30. The lowest BCUT2D eigenvalue weighted by atomic mass is 9.85. The minimum atomic E-state index is 0.114. The summed E-state index contributed by atoms with van der Waals surface area (Å²) >= 11 is 0. The number of ketones is 1. The van der Waals surface area contributed by atoms with Crippen LogP contribution in [0.5, 0.6) is 0 Å². The van der Waals surface area contributed by atoms with Crippen molar-refractivity contribution in [1.82, 2.24) is 0 Å². The van der Waals surface area contributed by atoms with Gasteiger partial charge in [0.2, 0.25) is 0 Å². The molecule has 0 saturated heterocycles. The molecule has 1 aliphatic carbocycles. The highest BCUT2D eigenvalue weighted by Crippen LogP contribution is 2.28. The molecular weight excluding hydrogens is 196 g/mol. The number of hydrogen-bond acceptors (Lipinski definition) is 1. The molecule has 0 aromatic rings. The smallest absolute Gasteiger partial charge is 0.135 e. The molecular formula is C15H24O. The molecule has 0 aromatic heterocycles. The SMILES string of the molecule is C=C1/C=C\C(C)(C)CCC(=O)C(C)CCC1. The van der Waals surface area contributed by atoms with Crippen LogP contribution in [0, 0.1) is 11.3 Å². The molecule has 90 valence electrons. The van der Waals surface area contributed by atoms with Crippen LogP contribution in [0.15, 0.2) is 24.3 Å². The van der Waals surface area contributed by atoms with Crippen LogP contribution in [0.1, 0.15) is 52.9 Å². The van der Waals surface area contributed by atoms with Crippen molar-refractivity contribution in [2.75, 3.05) is 0 Å². The van der Waals surface area contributed by atoms with Gasteiger partial charge in [-0.2, -0.15) is 0 Å². The maximum atomic E-state index is 11.9. The van der Waals surface area contributed by atoms with Crippen molar-refractivity contribution in [3.05, 3.63) is 24.3 Å². The first-order chi connectivity index (χ1) is 7.41. The molecule has 0 N–H and O–H groups in total. The Morgan fingerprint density at radius 2 is 2.06 bits per heavy atom. The van der Waals surface area contributed by atoms with Crippen LogP contribution in [-0.4, -0.2) is 5.78 Å². The van der Waals surface area contributed by atoms with Crippen LogP contribution in [0.4, 0.5) is 0 Å². The van der Waals surface area contributed by atoms with Crippen molar-refractivity contribution in [1.29, 1.82) is 0 Å². The molecule has 0 aromatic carbocycles. The molecule has 0 spiro atoms. The maximum Gasteiger partial charge on any atom is 0.135 e. The molecule has 1 aliphatic rings. The minimum Gasteiger partial charge on any atom is -0.299 e. The van der Waals surface area contributed by atoms with E-state index in [-0.39, 0.29) is 11.3 Å². The van der Waals surface area contributed by atoms with Gasteiger partial charge in [0.25, 0.3) is 0 Å². The lowest BCUT2D eigenvalue weighted by molar-refractivity contribution is -0.123. The fourth-order valence-corrected chi connectivity index (χ4v) is 2.00. The molecule has 0 fully saturated rings. The predicted molar refractivity (Wildman–Crippen MR) is 69.3 cm³/mol. The minimum absolute atomic E-state index is 0.114. The standard InChI is InChI=1S/C15H24O/c1-12-6-5-7-13(2)14(16)9-11-15(3,4)10-8-12/h8,10,13H,1,5-7,9,11H2,2-4H3/b10-8-. The van der Waals surface area contributed by atoms with E-state index in [1.165, 1.54) is 5.57 Å². The number of Topliss-reactive ketones (excluding diaryl/α,β-unsaturated/α-hetero) is 1. The van der Waals surface area contributed by atoms with E-state index in [0.717, 1.165) is 25.7 Å². The molecule has 0 radical (unpaired) electrons. The molecule has 1 nitrogen and oxygen atoms in total. The summed E-state index contributed by atoms with van der Waals surface area (Å²) in [7, 11) is 0. The molecule has 1 rings (SSSR count). The highest BCUT2D eigenvalue weighted by Gasteiger charge is 2.19. The number of hydrogen-bond donors (Lipinski definition) is 0. The van der Waals surface area contributed by atoms with Gasteiger partial charge in [-0.3, -0.25) is 4.79 Å². The van der Waals surface area contributed by atoms with E-state index in [1.807, 2.05) is 0 Å². The molecule has 1 heteroatoms. The van der Waals surface area contributed by atoms with E-state index in [1.54, 1.807) is 0 Å². The van der Waals surface area contributed by atoms with Gasteiger partial charge < -0.3 is 0 Å². The molecule has 1 unspecified atom stereocenters. The largest absolute Gasteiger partial charge is 0.299 e. The van der Waals surface area contributed by atoms with Crippen molar-refractivity contribution >= 4 is 5.78 Å². The molecule has 0 amide bonds. The van der Waals surface area contributed by atoms with Crippen molar-refractivity contribution in [3.8, 4) is 0 Å². The lowest BCUT2D eigenvalue weighted by Crippen LogP contribution is -2.15. The van der Waals surface area contributed by atoms with Crippen LogP contribution >= 0.6 is 0 Å². The quantitative estimate of drug-likeness (QED) is 0.595. The average molecular weight is 220 g/mol. The monoisotopic (exact) mass is 220 g/mol. The lowest BCUT2D eigenvalue weighted by Gasteiger charge is -2.20. The van der Waals surface area contributed by atoms with Gasteiger partial charge in [0.05, 0.1) is 0 Å². The predicted octanol–water partition coefficient (Wildman–Crippen LogP) is 4.29. The fraction of sp³-hybridized carbons (Fsp3) is 0.667. The van der Waals surface area contributed by atoms with E-state index in [9.17, 15) is 4.79 Å². The maximum absolute atomic E-state index is 11.9. The van der Waals surface area contributed by atoms with E-state index < -0.39 is 0 Å². The summed E-state index contributed by atoms with van der Waals surface area (Å²) in [5.41, 5.74) is 1.30. The highest BCUT2D eigenvalue weighted by atomic mass is 16.1. The third-order valence-electron chi connectivity index (χ3n) is 3.47. The molecule has 0 heterocycles. The fourth-order valence-electron chi connectivity index (χ4n) is 2.00. The van der Waals surface area contributed by atoms with Gasteiger partial charge in [-0.25, -0.2) is 0 Å². The van der Waals surface area contributed by atoms with Gasteiger partial charge >= 0.3 is 0 Å². The Bertz CT molecular complexity index is 297. The zero-order valence-electron chi connectivity index (χ0n) is 10.9. The van der Waals surface area contributed by atoms with Gasteiger partial charge in [0, 0.05) is 12.3 Å². The van der Waals surface area contributed by atoms with Gasteiger partial charge in [-0.05, 0) is 31.1 Å². The summed E-state index contributed by atoms with van der Waals surface area (Å²) < 4.78 is 0. The summed E-state index contributed by atoms with van der Waals surface area (Å²) in [6.45, 7) is 10.5. The van der Waals surface area contributed by atoms with E-state index in [2.05, 4.69) is 39.5 Å². The Labute approximate surface area is 99.6 Å². The summed E-state index contributed by atoms with van der Waals surface area (Å²) in [5.74, 6) is 0.649. The second-order valence-electron chi connectivity index (χ2n) is 5.74. The van der Waals surface area contributed by atoms with Crippen LogP contribution in [0.25, 0.3) is 0 Å². The number of allylic oxidation sites excluding steroid dienone is 3. The molecule has 0 aliphatic heterocycles. The van der Waals surface area contributed by atoms with Crippen LogP contribution < -0.4 is 0 Å². The first-order valence-electron chi connectivity index (χ1n) is 6.30. The zero-order chi connectivity index (χ0) is 12.2. The highest BCUT2D eigenvalue weighted by molar-refractivity contribution is 5.80. The zero-order valence-corrected chi connectivity index (χ0v) is 10.9. The second-order valence-corrected chi connectivity index (χ2v) is 5.74. The Morgan fingerprint density at radius 1 is 1.38 bits per heavy atom. The Kier molecular flexibility index (Phi) is 4.52. The number of rotatable bonds is 0. The van der Waals surface area contributed by atoms with Crippen molar-refractivity contribution in [3.63, 3.8) is 0 Å². The van der Waals surface area contributed by atoms with E-state index >= 15 is 0 Å². The molecule has 16 heavy (non-hydrogen) atoms. The van der Waals surface area contributed by atoms with Crippen molar-refractivity contribution in [2.24, 2.45) is 11.3 Å². The van der Waals surface area contributed by atoms with Gasteiger partial charge in [-0.1, -0.05) is 45.1 Å². The topological polar surface area (TPSA) is 17.1 Å². The van der Waals surface area contributed by atoms with Gasteiger partial charge in [-0.15, -0.1) is 0 Å². The third-order valence-corrected chi connectivity index (χ3v) is 3.47. The molecule has 0 saturated carbocycles. The van der Waals surface area contributed by atoms with Gasteiger partial charge in [0.1, 0.15) is 5.78 Å². The van der Waals surface area contributed by atoms with Gasteiger partial charge in [0.15, 0.2) is 0 Å². The number of carbonyl (C=O) groups is 1. The van der Waals surface area contributed by atoms with Crippen LogP contribution in [0.2, 0.25) is 0 Å².